The van der Waals surface area contributed by atoms with Crippen molar-refractivity contribution in [3.63, 3.8) is 0 Å². The molecule has 1 saturated heterocycles. The second-order valence-corrected chi connectivity index (χ2v) is 6.88. The third-order valence-electron chi connectivity index (χ3n) is 4.82. The summed E-state index contributed by atoms with van der Waals surface area (Å²) in [7, 11) is 2.15. The number of aromatic nitrogens is 2. The van der Waals surface area contributed by atoms with Crippen LogP contribution < -0.4 is 15.5 Å². The summed E-state index contributed by atoms with van der Waals surface area (Å²) in [6.07, 6.45) is 4.98. The Morgan fingerprint density at radius 2 is 1.78 bits per heavy atom. The van der Waals surface area contributed by atoms with E-state index in [0.29, 0.717) is 6.04 Å². The van der Waals surface area contributed by atoms with E-state index < -0.39 is 0 Å². The van der Waals surface area contributed by atoms with Gasteiger partial charge in [-0.25, -0.2) is 9.97 Å². The fraction of sp³-hybridized carbons (Fsp3) is 0.556. The average molecular weight is 311 g/mol. The quantitative estimate of drug-likeness (QED) is 0.889. The lowest BCUT2D eigenvalue weighted by Crippen LogP contribution is -2.35. The van der Waals surface area contributed by atoms with Crippen LogP contribution in [0.3, 0.4) is 0 Å². The molecule has 2 heterocycles. The Balaban J connectivity index is 1.62. The summed E-state index contributed by atoms with van der Waals surface area (Å²) in [5.41, 5.74) is 1.94. The normalized spacial score (nSPS) is 19.0. The van der Waals surface area contributed by atoms with Crippen molar-refractivity contribution in [2.24, 2.45) is 5.92 Å². The lowest BCUT2D eigenvalue weighted by Gasteiger charge is -2.29. The molecular weight excluding hydrogens is 286 g/mol. The van der Waals surface area contributed by atoms with Crippen LogP contribution in [0.2, 0.25) is 0 Å². The van der Waals surface area contributed by atoms with E-state index in [1.165, 1.54) is 25.7 Å². The van der Waals surface area contributed by atoms with Gasteiger partial charge in [-0.15, -0.1) is 0 Å². The van der Waals surface area contributed by atoms with Crippen LogP contribution in [-0.4, -0.2) is 42.7 Å². The maximum atomic E-state index is 4.91. The Bertz CT molecular complexity index is 676. The van der Waals surface area contributed by atoms with Gasteiger partial charge in [0.15, 0.2) is 11.6 Å². The lowest BCUT2D eigenvalue weighted by molar-refractivity contribution is 0.377. The molecule has 122 valence electrons. The molecule has 1 aromatic carbocycles. The number of para-hydroxylation sites is 2. The Hall–Kier alpha value is -1.88. The molecule has 0 radical (unpaired) electrons. The van der Waals surface area contributed by atoms with Crippen LogP contribution in [0.5, 0.6) is 0 Å². The molecule has 1 aliphatic heterocycles. The molecule has 5 nitrogen and oxygen atoms in total. The fourth-order valence-electron chi connectivity index (χ4n) is 3.31. The predicted molar refractivity (Wildman–Crippen MR) is 95.0 cm³/mol. The van der Waals surface area contributed by atoms with E-state index in [0.717, 1.165) is 48.2 Å². The zero-order valence-corrected chi connectivity index (χ0v) is 13.8. The van der Waals surface area contributed by atoms with Gasteiger partial charge in [-0.2, -0.15) is 0 Å². The van der Waals surface area contributed by atoms with Gasteiger partial charge in [-0.05, 0) is 56.8 Å². The number of nitrogens with zero attached hydrogens (tertiary/aromatic N) is 3. The van der Waals surface area contributed by atoms with Crippen molar-refractivity contribution in [2.75, 3.05) is 36.9 Å². The molecule has 23 heavy (non-hydrogen) atoms. The van der Waals surface area contributed by atoms with Crippen molar-refractivity contribution in [1.29, 1.82) is 0 Å². The number of piperidine rings is 1. The highest BCUT2D eigenvalue weighted by Crippen LogP contribution is 2.31. The van der Waals surface area contributed by atoms with E-state index in [1.54, 1.807) is 0 Å². The Morgan fingerprint density at radius 3 is 2.48 bits per heavy atom. The summed E-state index contributed by atoms with van der Waals surface area (Å²) in [5.74, 6) is 2.68. The van der Waals surface area contributed by atoms with Gasteiger partial charge < -0.3 is 15.5 Å². The fourth-order valence-corrected chi connectivity index (χ4v) is 3.31. The zero-order valence-electron chi connectivity index (χ0n) is 13.8. The molecule has 2 fully saturated rings. The molecule has 1 aliphatic carbocycles. The number of hydrogen-bond donors (Lipinski definition) is 2. The predicted octanol–water partition coefficient (Wildman–Crippen LogP) is 2.64. The highest BCUT2D eigenvalue weighted by molar-refractivity contribution is 5.80. The third-order valence-corrected chi connectivity index (χ3v) is 4.82. The molecule has 1 saturated carbocycles. The second kappa shape index (κ2) is 6.32. The third kappa shape index (κ3) is 3.39. The van der Waals surface area contributed by atoms with Crippen LogP contribution in [0.4, 0.5) is 11.6 Å². The monoisotopic (exact) mass is 311 g/mol. The first-order valence-electron chi connectivity index (χ1n) is 8.75. The number of benzene rings is 1. The van der Waals surface area contributed by atoms with Gasteiger partial charge >= 0.3 is 0 Å². The number of nitrogens with one attached hydrogen (secondary N) is 2. The second-order valence-electron chi connectivity index (χ2n) is 6.88. The summed E-state index contributed by atoms with van der Waals surface area (Å²) in [5, 5.41) is 7.01. The molecule has 0 bridgehead atoms. The van der Waals surface area contributed by atoms with Gasteiger partial charge in [-0.1, -0.05) is 12.1 Å². The maximum absolute atomic E-state index is 4.91. The average Bonchev–Trinajstić information content (AvgIpc) is 3.39. The summed E-state index contributed by atoms with van der Waals surface area (Å²) >= 11 is 0. The van der Waals surface area contributed by atoms with Crippen molar-refractivity contribution in [3.8, 4) is 0 Å². The molecule has 0 amide bonds. The molecule has 2 aromatic rings. The number of fused-ring (bicyclic) bond motifs is 1. The number of anilines is 2. The first-order chi connectivity index (χ1) is 11.3. The standard InChI is InChI=1S/C18H25N5/c1-23(12-13-8-10-19-11-9-13)18-17(20-14-6-7-14)21-15-4-2-3-5-16(15)22-18/h2-5,13-14,19H,6-12H2,1H3,(H,20,21). The van der Waals surface area contributed by atoms with E-state index in [-0.39, 0.29) is 0 Å². The van der Waals surface area contributed by atoms with Crippen LogP contribution in [0.25, 0.3) is 11.0 Å². The van der Waals surface area contributed by atoms with Crippen molar-refractivity contribution < 1.29 is 0 Å². The van der Waals surface area contributed by atoms with E-state index in [4.69, 9.17) is 9.97 Å². The van der Waals surface area contributed by atoms with Crippen LogP contribution >= 0.6 is 0 Å². The van der Waals surface area contributed by atoms with Crippen molar-refractivity contribution in [3.05, 3.63) is 24.3 Å². The molecule has 0 atom stereocenters. The van der Waals surface area contributed by atoms with Crippen LogP contribution in [-0.2, 0) is 0 Å². The highest BCUT2D eigenvalue weighted by Gasteiger charge is 2.25. The molecule has 0 unspecified atom stereocenters. The summed E-state index contributed by atoms with van der Waals surface area (Å²) in [4.78, 5) is 12.0. The van der Waals surface area contributed by atoms with E-state index in [9.17, 15) is 0 Å². The molecule has 0 spiro atoms. The Morgan fingerprint density at radius 1 is 1.09 bits per heavy atom. The minimum Gasteiger partial charge on any atom is -0.364 e. The highest BCUT2D eigenvalue weighted by atomic mass is 15.2. The van der Waals surface area contributed by atoms with Crippen molar-refractivity contribution in [1.82, 2.24) is 15.3 Å². The summed E-state index contributed by atoms with van der Waals surface area (Å²) < 4.78 is 0. The first-order valence-corrected chi connectivity index (χ1v) is 8.75. The van der Waals surface area contributed by atoms with Crippen LogP contribution in [0.1, 0.15) is 25.7 Å². The molecule has 1 aromatic heterocycles. The largest absolute Gasteiger partial charge is 0.364 e. The van der Waals surface area contributed by atoms with E-state index in [2.05, 4.69) is 22.6 Å². The van der Waals surface area contributed by atoms with Gasteiger partial charge in [0, 0.05) is 19.6 Å². The molecule has 4 rings (SSSR count). The maximum Gasteiger partial charge on any atom is 0.172 e. The number of rotatable bonds is 5. The van der Waals surface area contributed by atoms with Crippen LogP contribution in [0.15, 0.2) is 24.3 Å². The summed E-state index contributed by atoms with van der Waals surface area (Å²) in [6, 6.07) is 8.72. The van der Waals surface area contributed by atoms with Gasteiger partial charge in [0.2, 0.25) is 0 Å². The van der Waals surface area contributed by atoms with E-state index in [1.807, 2.05) is 24.3 Å². The van der Waals surface area contributed by atoms with Gasteiger partial charge in [0.1, 0.15) is 0 Å². The molecule has 5 heteroatoms. The van der Waals surface area contributed by atoms with Gasteiger partial charge in [-0.3, -0.25) is 0 Å². The Labute approximate surface area is 137 Å². The Kier molecular flexibility index (Phi) is 4.04. The smallest absolute Gasteiger partial charge is 0.172 e. The SMILES string of the molecule is CN(CC1CCNCC1)c1nc2ccccc2nc1NC1CC1. The zero-order chi connectivity index (χ0) is 15.6. The van der Waals surface area contributed by atoms with E-state index >= 15 is 0 Å². The minimum absolute atomic E-state index is 0.580. The molecule has 2 N–H and O–H groups in total. The summed E-state index contributed by atoms with van der Waals surface area (Å²) in [6.45, 7) is 3.32. The first kappa shape index (κ1) is 14.7. The minimum atomic E-state index is 0.580. The molecule has 2 aliphatic rings. The number of hydrogen-bond acceptors (Lipinski definition) is 5. The van der Waals surface area contributed by atoms with Gasteiger partial charge in [0.25, 0.3) is 0 Å². The van der Waals surface area contributed by atoms with Crippen LogP contribution in [0, 0.1) is 5.92 Å². The lowest BCUT2D eigenvalue weighted by atomic mass is 9.98. The molecular formula is C18H25N5. The van der Waals surface area contributed by atoms with Crippen molar-refractivity contribution >= 4 is 22.7 Å². The van der Waals surface area contributed by atoms with Gasteiger partial charge in [0.05, 0.1) is 11.0 Å². The van der Waals surface area contributed by atoms with Crippen molar-refractivity contribution in [2.45, 2.75) is 31.7 Å². The topological polar surface area (TPSA) is 53.1 Å².